The SMILES string of the molecule is Cc1ccc(N)c(Oc2ccc(Cl)c(Cl)c2)n1. The second-order valence-corrected chi connectivity index (χ2v) is 4.34. The van der Waals surface area contributed by atoms with Gasteiger partial charge in [-0.2, -0.15) is 0 Å². The molecule has 0 fully saturated rings. The smallest absolute Gasteiger partial charge is 0.242 e. The second-order valence-electron chi connectivity index (χ2n) is 3.52. The summed E-state index contributed by atoms with van der Waals surface area (Å²) in [4.78, 5) is 4.20. The third-order valence-electron chi connectivity index (χ3n) is 2.13. The predicted molar refractivity (Wildman–Crippen MR) is 69.9 cm³/mol. The first kappa shape index (κ1) is 12.0. The van der Waals surface area contributed by atoms with Crippen molar-refractivity contribution in [2.45, 2.75) is 6.92 Å². The Bertz CT molecular complexity index is 558. The maximum atomic E-state index is 5.89. The molecule has 0 saturated carbocycles. The fraction of sp³-hybridized carbons (Fsp3) is 0.0833. The van der Waals surface area contributed by atoms with E-state index >= 15 is 0 Å². The van der Waals surface area contributed by atoms with Crippen molar-refractivity contribution in [3.8, 4) is 11.6 Å². The molecule has 0 bridgehead atoms. The van der Waals surface area contributed by atoms with Crippen LogP contribution < -0.4 is 10.5 Å². The molecule has 88 valence electrons. The molecule has 0 unspecified atom stereocenters. The Morgan fingerprint density at radius 2 is 1.88 bits per heavy atom. The lowest BCUT2D eigenvalue weighted by molar-refractivity contribution is 0.464. The van der Waals surface area contributed by atoms with Crippen molar-refractivity contribution in [3.63, 3.8) is 0 Å². The molecule has 2 N–H and O–H groups in total. The van der Waals surface area contributed by atoms with Gasteiger partial charge in [0.25, 0.3) is 0 Å². The van der Waals surface area contributed by atoms with Crippen LogP contribution in [0.25, 0.3) is 0 Å². The summed E-state index contributed by atoms with van der Waals surface area (Å²) < 4.78 is 5.55. The minimum Gasteiger partial charge on any atom is -0.437 e. The summed E-state index contributed by atoms with van der Waals surface area (Å²) in [6.45, 7) is 1.86. The molecule has 0 amide bonds. The lowest BCUT2D eigenvalue weighted by Crippen LogP contribution is -1.96. The molecule has 5 heteroatoms. The molecule has 1 aromatic carbocycles. The highest BCUT2D eigenvalue weighted by molar-refractivity contribution is 6.42. The van der Waals surface area contributed by atoms with Gasteiger partial charge < -0.3 is 10.5 Å². The molecule has 2 aromatic rings. The van der Waals surface area contributed by atoms with Crippen molar-refractivity contribution < 1.29 is 4.74 Å². The van der Waals surface area contributed by atoms with E-state index < -0.39 is 0 Å². The van der Waals surface area contributed by atoms with Crippen molar-refractivity contribution >= 4 is 28.9 Å². The average Bonchev–Trinajstić information content (AvgIpc) is 2.29. The Morgan fingerprint density at radius 3 is 2.59 bits per heavy atom. The van der Waals surface area contributed by atoms with E-state index in [-0.39, 0.29) is 0 Å². The minimum absolute atomic E-state index is 0.364. The van der Waals surface area contributed by atoms with Gasteiger partial charge in [0.15, 0.2) is 0 Å². The van der Waals surface area contributed by atoms with Crippen LogP contribution in [0.3, 0.4) is 0 Å². The number of rotatable bonds is 2. The number of nitrogens with two attached hydrogens (primary N) is 1. The molecule has 2 rings (SSSR count). The number of halogens is 2. The van der Waals surface area contributed by atoms with Crippen LogP contribution in [0.15, 0.2) is 30.3 Å². The number of aromatic nitrogens is 1. The van der Waals surface area contributed by atoms with Gasteiger partial charge in [0.05, 0.1) is 15.7 Å². The highest BCUT2D eigenvalue weighted by atomic mass is 35.5. The average molecular weight is 269 g/mol. The van der Waals surface area contributed by atoms with E-state index in [1.807, 2.05) is 13.0 Å². The van der Waals surface area contributed by atoms with E-state index in [0.29, 0.717) is 27.4 Å². The van der Waals surface area contributed by atoms with Crippen LogP contribution in [0.5, 0.6) is 11.6 Å². The van der Waals surface area contributed by atoms with E-state index in [4.69, 9.17) is 33.7 Å². The number of hydrogen-bond donors (Lipinski definition) is 1. The van der Waals surface area contributed by atoms with Gasteiger partial charge in [-0.05, 0) is 31.2 Å². The van der Waals surface area contributed by atoms with E-state index in [0.717, 1.165) is 5.69 Å². The Hall–Kier alpha value is -1.45. The number of nitrogen functional groups attached to an aromatic ring is 1. The molecular formula is C12H10Cl2N2O. The maximum Gasteiger partial charge on any atom is 0.242 e. The molecule has 0 radical (unpaired) electrons. The summed E-state index contributed by atoms with van der Waals surface area (Å²) in [5.41, 5.74) is 7.06. The van der Waals surface area contributed by atoms with Crippen molar-refractivity contribution in [2.24, 2.45) is 0 Å². The third-order valence-corrected chi connectivity index (χ3v) is 2.87. The molecule has 1 heterocycles. The molecule has 0 aliphatic heterocycles. The highest BCUT2D eigenvalue weighted by Gasteiger charge is 2.06. The summed E-state index contributed by atoms with van der Waals surface area (Å²) >= 11 is 11.7. The first-order valence-corrected chi connectivity index (χ1v) is 5.68. The van der Waals surface area contributed by atoms with Gasteiger partial charge in [0.1, 0.15) is 5.75 Å². The van der Waals surface area contributed by atoms with Gasteiger partial charge in [0, 0.05) is 11.8 Å². The maximum absolute atomic E-state index is 5.89. The zero-order valence-corrected chi connectivity index (χ0v) is 10.6. The Balaban J connectivity index is 2.31. The molecule has 0 atom stereocenters. The van der Waals surface area contributed by atoms with E-state index in [9.17, 15) is 0 Å². The fourth-order valence-electron chi connectivity index (χ4n) is 1.28. The Kier molecular flexibility index (Phi) is 3.41. The van der Waals surface area contributed by atoms with Gasteiger partial charge in [-0.25, -0.2) is 4.98 Å². The monoisotopic (exact) mass is 268 g/mol. The van der Waals surface area contributed by atoms with Gasteiger partial charge in [-0.3, -0.25) is 0 Å². The minimum atomic E-state index is 0.364. The van der Waals surface area contributed by atoms with E-state index in [1.165, 1.54) is 0 Å². The topological polar surface area (TPSA) is 48.1 Å². The lowest BCUT2D eigenvalue weighted by Gasteiger charge is -2.08. The lowest BCUT2D eigenvalue weighted by atomic mass is 10.3. The number of aryl methyl sites for hydroxylation is 1. The first-order chi connectivity index (χ1) is 8.06. The molecule has 1 aromatic heterocycles. The Labute approximate surface area is 109 Å². The number of pyridine rings is 1. The quantitative estimate of drug-likeness (QED) is 0.893. The van der Waals surface area contributed by atoms with Crippen molar-refractivity contribution in [2.75, 3.05) is 5.73 Å². The van der Waals surface area contributed by atoms with Gasteiger partial charge >= 0.3 is 0 Å². The van der Waals surface area contributed by atoms with E-state index in [2.05, 4.69) is 4.98 Å². The number of benzene rings is 1. The molecular weight excluding hydrogens is 259 g/mol. The van der Waals surface area contributed by atoms with Crippen molar-refractivity contribution in [1.29, 1.82) is 0 Å². The van der Waals surface area contributed by atoms with Crippen LogP contribution >= 0.6 is 23.2 Å². The number of ether oxygens (including phenoxy) is 1. The number of hydrogen-bond acceptors (Lipinski definition) is 3. The molecule has 17 heavy (non-hydrogen) atoms. The van der Waals surface area contributed by atoms with Crippen LogP contribution in [-0.2, 0) is 0 Å². The molecule has 0 aliphatic rings. The summed E-state index contributed by atoms with van der Waals surface area (Å²) in [7, 11) is 0. The van der Waals surface area contributed by atoms with Crippen molar-refractivity contribution in [3.05, 3.63) is 46.1 Å². The van der Waals surface area contributed by atoms with Gasteiger partial charge in [-0.15, -0.1) is 0 Å². The molecule has 3 nitrogen and oxygen atoms in total. The summed E-state index contributed by atoms with van der Waals surface area (Å²) in [6.07, 6.45) is 0. The second kappa shape index (κ2) is 4.82. The van der Waals surface area contributed by atoms with Crippen LogP contribution in [0.2, 0.25) is 10.0 Å². The number of nitrogens with zero attached hydrogens (tertiary/aromatic N) is 1. The van der Waals surface area contributed by atoms with Crippen LogP contribution in [0, 0.1) is 6.92 Å². The zero-order valence-electron chi connectivity index (χ0n) is 9.08. The van der Waals surface area contributed by atoms with E-state index in [1.54, 1.807) is 24.3 Å². The fourth-order valence-corrected chi connectivity index (χ4v) is 1.57. The molecule has 0 saturated heterocycles. The third kappa shape index (κ3) is 2.81. The molecule has 0 aliphatic carbocycles. The molecule has 0 spiro atoms. The van der Waals surface area contributed by atoms with Crippen LogP contribution in [0.1, 0.15) is 5.69 Å². The number of anilines is 1. The Morgan fingerprint density at radius 1 is 1.12 bits per heavy atom. The normalized spacial score (nSPS) is 10.3. The summed E-state index contributed by atoms with van der Waals surface area (Å²) in [5.74, 6) is 0.910. The highest BCUT2D eigenvalue weighted by Crippen LogP contribution is 2.30. The van der Waals surface area contributed by atoms with Crippen LogP contribution in [0.4, 0.5) is 5.69 Å². The van der Waals surface area contributed by atoms with Crippen LogP contribution in [-0.4, -0.2) is 4.98 Å². The summed E-state index contributed by atoms with van der Waals surface area (Å²) in [6, 6.07) is 8.54. The summed E-state index contributed by atoms with van der Waals surface area (Å²) in [5, 5.41) is 0.902. The van der Waals surface area contributed by atoms with Crippen molar-refractivity contribution in [1.82, 2.24) is 4.98 Å². The van der Waals surface area contributed by atoms with Gasteiger partial charge in [-0.1, -0.05) is 23.2 Å². The predicted octanol–water partition coefficient (Wildman–Crippen LogP) is 4.07. The largest absolute Gasteiger partial charge is 0.437 e. The standard InChI is InChI=1S/C12H10Cl2N2O/c1-7-2-5-11(15)12(16-7)17-8-3-4-9(13)10(14)6-8/h2-6H,15H2,1H3. The van der Waals surface area contributed by atoms with Gasteiger partial charge in [0.2, 0.25) is 5.88 Å². The first-order valence-electron chi connectivity index (χ1n) is 4.92. The zero-order chi connectivity index (χ0) is 12.4.